The van der Waals surface area contributed by atoms with Crippen LogP contribution in [-0.4, -0.2) is 36.1 Å². The van der Waals surface area contributed by atoms with Crippen LogP contribution in [0.2, 0.25) is 0 Å². The summed E-state index contributed by atoms with van der Waals surface area (Å²) in [6.45, 7) is 1.71. The van der Waals surface area contributed by atoms with Crippen LogP contribution >= 0.6 is 46.4 Å². The minimum absolute atomic E-state index is 0.0154. The van der Waals surface area contributed by atoms with Crippen LogP contribution in [0.1, 0.15) is 0 Å². The number of nitro groups is 1. The lowest BCUT2D eigenvalue weighted by atomic mass is 10.3. The lowest BCUT2D eigenvalue weighted by Crippen LogP contribution is -2.36. The largest absolute Gasteiger partial charge is 0.378 e. The quantitative estimate of drug-likeness (QED) is 0.347. The number of morpholine rings is 1. The van der Waals surface area contributed by atoms with Gasteiger partial charge in [0, 0.05) is 13.1 Å². The highest BCUT2D eigenvalue weighted by atomic mass is 35.5. The van der Waals surface area contributed by atoms with Crippen molar-refractivity contribution in [2.45, 2.75) is 0 Å². The van der Waals surface area contributed by atoms with Crippen LogP contribution in [0, 0.1) is 10.1 Å². The van der Waals surface area contributed by atoms with Crippen LogP contribution < -0.4 is 0 Å². The number of allylic oxidation sites excluding steroid dienone is 1. The van der Waals surface area contributed by atoms with E-state index in [2.05, 4.69) is 0 Å². The van der Waals surface area contributed by atoms with E-state index in [1.807, 2.05) is 0 Å². The first kappa shape index (κ1) is 14.9. The van der Waals surface area contributed by atoms with E-state index >= 15 is 0 Å². The van der Waals surface area contributed by atoms with Gasteiger partial charge in [-0.2, -0.15) is 0 Å². The van der Waals surface area contributed by atoms with Crippen LogP contribution in [0.15, 0.2) is 20.4 Å². The summed E-state index contributed by atoms with van der Waals surface area (Å²) in [7, 11) is 0. The van der Waals surface area contributed by atoms with Crippen molar-refractivity contribution in [1.82, 2.24) is 4.90 Å². The zero-order valence-electron chi connectivity index (χ0n) is 8.46. The van der Waals surface area contributed by atoms with Crippen LogP contribution in [0.25, 0.3) is 0 Å². The molecule has 0 saturated carbocycles. The highest BCUT2D eigenvalue weighted by Crippen LogP contribution is 2.31. The van der Waals surface area contributed by atoms with E-state index in [-0.39, 0.29) is 15.2 Å². The van der Waals surface area contributed by atoms with Gasteiger partial charge in [0.25, 0.3) is 0 Å². The first-order chi connectivity index (χ1) is 7.95. The second-order valence-electron chi connectivity index (χ2n) is 3.07. The Labute approximate surface area is 118 Å². The smallest absolute Gasteiger partial charge is 0.362 e. The predicted molar refractivity (Wildman–Crippen MR) is 66.9 cm³/mol. The molecule has 0 spiro atoms. The molecule has 0 aromatic carbocycles. The summed E-state index contributed by atoms with van der Waals surface area (Å²) in [5, 5.41) is 9.94. The van der Waals surface area contributed by atoms with Gasteiger partial charge in [-0.1, -0.05) is 34.8 Å². The van der Waals surface area contributed by atoms with Crippen molar-refractivity contribution in [2.75, 3.05) is 26.3 Å². The molecule has 1 aliphatic rings. The SMILES string of the molecule is O=[N+]([O-])C(Cl)=C(C(Cl)=C(Cl)Cl)N1CCOCC1. The van der Waals surface area contributed by atoms with Gasteiger partial charge in [0.2, 0.25) is 0 Å². The average molecular weight is 322 g/mol. The third kappa shape index (κ3) is 3.89. The lowest BCUT2D eigenvalue weighted by molar-refractivity contribution is -0.414. The van der Waals surface area contributed by atoms with E-state index in [9.17, 15) is 10.1 Å². The number of halogens is 4. The molecule has 0 aliphatic carbocycles. The van der Waals surface area contributed by atoms with Crippen LogP contribution in [-0.2, 0) is 4.74 Å². The molecule has 0 unspecified atom stereocenters. The van der Waals surface area contributed by atoms with Gasteiger partial charge in [0.15, 0.2) is 5.70 Å². The Morgan fingerprint density at radius 2 is 1.71 bits per heavy atom. The molecule has 1 rings (SSSR count). The van der Waals surface area contributed by atoms with Crippen molar-refractivity contribution in [3.8, 4) is 0 Å². The Balaban J connectivity index is 3.15. The van der Waals surface area contributed by atoms with Gasteiger partial charge in [-0.05, 0) is 11.6 Å². The molecule has 0 radical (unpaired) electrons. The Kier molecular flexibility index (Phi) is 5.82. The van der Waals surface area contributed by atoms with Gasteiger partial charge < -0.3 is 9.64 Å². The second kappa shape index (κ2) is 6.66. The molecule has 0 aromatic heterocycles. The Morgan fingerprint density at radius 1 is 1.18 bits per heavy atom. The highest BCUT2D eigenvalue weighted by molar-refractivity contribution is 6.60. The van der Waals surface area contributed by atoms with Gasteiger partial charge in [-0.15, -0.1) is 0 Å². The molecule has 96 valence electrons. The molecular formula is C8H8Cl4N2O3. The van der Waals surface area contributed by atoms with Crippen molar-refractivity contribution < 1.29 is 9.66 Å². The average Bonchev–Trinajstić information content (AvgIpc) is 2.30. The third-order valence-corrected chi connectivity index (χ3v) is 3.31. The lowest BCUT2D eigenvalue weighted by Gasteiger charge is -2.29. The molecule has 17 heavy (non-hydrogen) atoms. The number of nitrogens with zero attached hydrogens (tertiary/aromatic N) is 2. The number of ether oxygens (including phenoxy) is 1. The number of hydrogen-bond donors (Lipinski definition) is 0. The molecule has 0 bridgehead atoms. The Morgan fingerprint density at radius 3 is 2.12 bits per heavy atom. The zero-order chi connectivity index (χ0) is 13.0. The first-order valence-corrected chi connectivity index (χ1v) is 6.04. The maximum atomic E-state index is 10.7. The summed E-state index contributed by atoms with van der Waals surface area (Å²) in [5.41, 5.74) is 0.0154. The van der Waals surface area contributed by atoms with Gasteiger partial charge in [-0.25, -0.2) is 0 Å². The monoisotopic (exact) mass is 320 g/mol. The minimum Gasteiger partial charge on any atom is -0.378 e. The van der Waals surface area contributed by atoms with E-state index in [0.717, 1.165) is 0 Å². The van der Waals surface area contributed by atoms with E-state index in [4.69, 9.17) is 51.1 Å². The molecule has 5 nitrogen and oxygen atoms in total. The van der Waals surface area contributed by atoms with Crippen molar-refractivity contribution in [3.63, 3.8) is 0 Å². The third-order valence-electron chi connectivity index (χ3n) is 2.06. The van der Waals surface area contributed by atoms with Crippen molar-refractivity contribution >= 4 is 46.4 Å². The molecule has 1 saturated heterocycles. The summed E-state index contributed by atoms with van der Waals surface area (Å²) in [6.07, 6.45) is 0. The molecule has 9 heteroatoms. The van der Waals surface area contributed by atoms with Gasteiger partial charge in [-0.3, -0.25) is 10.1 Å². The van der Waals surface area contributed by atoms with Crippen LogP contribution in [0.5, 0.6) is 0 Å². The van der Waals surface area contributed by atoms with E-state index < -0.39 is 10.1 Å². The van der Waals surface area contributed by atoms with E-state index in [1.165, 1.54) is 0 Å². The fourth-order valence-electron chi connectivity index (χ4n) is 1.32. The minimum atomic E-state index is -0.745. The van der Waals surface area contributed by atoms with Crippen molar-refractivity contribution in [2.24, 2.45) is 0 Å². The van der Waals surface area contributed by atoms with Crippen molar-refractivity contribution in [1.29, 1.82) is 0 Å². The fourth-order valence-corrected chi connectivity index (χ4v) is 1.97. The molecule has 0 atom stereocenters. The highest BCUT2D eigenvalue weighted by Gasteiger charge is 2.27. The molecule has 1 heterocycles. The van der Waals surface area contributed by atoms with E-state index in [1.54, 1.807) is 4.90 Å². The summed E-state index contributed by atoms with van der Waals surface area (Å²) in [6, 6.07) is 0. The van der Waals surface area contributed by atoms with Crippen LogP contribution in [0.3, 0.4) is 0 Å². The standard InChI is InChI=1S/C8H8Cl4N2O3/c9-5(7(10)11)6(8(12)14(15)16)13-1-3-17-4-2-13/h1-4H2. The molecule has 0 aromatic rings. The second-order valence-corrected chi connectivity index (χ2v) is 4.76. The van der Waals surface area contributed by atoms with Gasteiger partial charge in [0.05, 0.1) is 18.1 Å². The summed E-state index contributed by atoms with van der Waals surface area (Å²) >= 11 is 22.5. The Bertz CT molecular complexity index is 373. The van der Waals surface area contributed by atoms with Crippen LogP contribution in [0.4, 0.5) is 0 Å². The zero-order valence-corrected chi connectivity index (χ0v) is 11.5. The van der Waals surface area contributed by atoms with Gasteiger partial charge >= 0.3 is 5.16 Å². The molecule has 0 N–H and O–H groups in total. The summed E-state index contributed by atoms with van der Waals surface area (Å²) in [5.74, 6) is 0. The topological polar surface area (TPSA) is 55.6 Å². The van der Waals surface area contributed by atoms with Crippen molar-refractivity contribution in [3.05, 3.63) is 30.5 Å². The Hall–Kier alpha value is -0.200. The van der Waals surface area contributed by atoms with E-state index in [0.29, 0.717) is 26.3 Å². The normalized spacial score (nSPS) is 17.5. The van der Waals surface area contributed by atoms with Gasteiger partial charge in [0.1, 0.15) is 9.52 Å². The fraction of sp³-hybridized carbons (Fsp3) is 0.500. The maximum Gasteiger partial charge on any atom is 0.362 e. The molecular weight excluding hydrogens is 314 g/mol. The predicted octanol–water partition coefficient (Wildman–Crippen LogP) is 2.89. The summed E-state index contributed by atoms with van der Waals surface area (Å²) in [4.78, 5) is 11.6. The number of rotatable bonds is 3. The number of hydrogen-bond acceptors (Lipinski definition) is 4. The maximum absolute atomic E-state index is 10.7. The first-order valence-electron chi connectivity index (χ1n) is 4.53. The molecule has 0 amide bonds. The summed E-state index contributed by atoms with van der Waals surface area (Å²) < 4.78 is 4.86. The molecule has 1 aliphatic heterocycles. The molecule has 1 fully saturated rings.